The summed E-state index contributed by atoms with van der Waals surface area (Å²) in [5.41, 5.74) is -1.50. The second kappa shape index (κ2) is 9.73. The van der Waals surface area contributed by atoms with Gasteiger partial charge < -0.3 is 10.4 Å². The maximum absolute atomic E-state index is 13.0. The van der Waals surface area contributed by atoms with Gasteiger partial charge in [-0.15, -0.1) is 0 Å². The monoisotopic (exact) mass is 499 g/mol. The predicted octanol–water partition coefficient (Wildman–Crippen LogP) is 5.25. The first-order chi connectivity index (χ1) is 16.2. The SMILES string of the molecule is Cc1cc(-c2ccc(C)c(CCC(=O)NCc3ccc(C(O)(C(F)(F)F)C(F)(F)F)cc3)c2)[nH]n1. The highest BCUT2D eigenvalue weighted by atomic mass is 19.4. The zero-order valence-electron chi connectivity index (χ0n) is 18.8. The number of amides is 1. The van der Waals surface area contributed by atoms with Gasteiger partial charge in [0, 0.05) is 18.5 Å². The molecule has 11 heteroatoms. The molecule has 188 valence electrons. The Hall–Kier alpha value is -3.34. The Morgan fingerprint density at radius 1 is 0.971 bits per heavy atom. The largest absolute Gasteiger partial charge is 0.430 e. The molecule has 1 heterocycles. The Bertz CT molecular complexity index is 1170. The van der Waals surface area contributed by atoms with Crippen LogP contribution in [0.25, 0.3) is 11.3 Å². The summed E-state index contributed by atoms with van der Waals surface area (Å²) in [7, 11) is 0. The van der Waals surface area contributed by atoms with Gasteiger partial charge in [-0.25, -0.2) is 0 Å². The van der Waals surface area contributed by atoms with E-state index < -0.39 is 23.5 Å². The lowest BCUT2D eigenvalue weighted by molar-refractivity contribution is -0.376. The van der Waals surface area contributed by atoms with Crippen molar-refractivity contribution in [3.63, 3.8) is 0 Å². The van der Waals surface area contributed by atoms with E-state index in [0.717, 1.165) is 40.2 Å². The number of H-pyrrole nitrogens is 1. The minimum Gasteiger partial charge on any atom is -0.369 e. The second-order valence-corrected chi connectivity index (χ2v) is 8.24. The first-order valence-corrected chi connectivity index (χ1v) is 10.6. The van der Waals surface area contributed by atoms with Crippen LogP contribution in [0.5, 0.6) is 0 Å². The Morgan fingerprint density at radius 2 is 1.60 bits per heavy atom. The molecule has 0 bridgehead atoms. The minimum atomic E-state index is -5.95. The van der Waals surface area contributed by atoms with Crippen molar-refractivity contribution in [2.24, 2.45) is 0 Å². The summed E-state index contributed by atoms with van der Waals surface area (Å²) in [6, 6.07) is 10.8. The average Bonchev–Trinajstić information content (AvgIpc) is 3.21. The molecule has 0 atom stereocenters. The molecule has 35 heavy (non-hydrogen) atoms. The fraction of sp³-hybridized carbons (Fsp3) is 0.333. The van der Waals surface area contributed by atoms with E-state index in [1.165, 1.54) is 0 Å². The Morgan fingerprint density at radius 3 is 2.14 bits per heavy atom. The smallest absolute Gasteiger partial charge is 0.369 e. The Kier molecular flexibility index (Phi) is 7.30. The third kappa shape index (κ3) is 5.67. The third-order valence-corrected chi connectivity index (χ3v) is 5.67. The molecule has 3 aromatic rings. The first kappa shape index (κ1) is 26.3. The lowest BCUT2D eigenvalue weighted by Gasteiger charge is -2.32. The number of carbonyl (C=O) groups is 1. The van der Waals surface area contributed by atoms with Crippen LogP contribution < -0.4 is 5.32 Å². The van der Waals surface area contributed by atoms with E-state index in [2.05, 4.69) is 15.5 Å². The lowest BCUT2D eigenvalue weighted by atomic mass is 9.91. The van der Waals surface area contributed by atoms with Crippen LogP contribution in [0.4, 0.5) is 26.3 Å². The van der Waals surface area contributed by atoms with Gasteiger partial charge in [0.2, 0.25) is 5.91 Å². The van der Waals surface area contributed by atoms with E-state index in [4.69, 9.17) is 0 Å². The number of nitrogens with one attached hydrogen (secondary N) is 2. The molecule has 0 fully saturated rings. The number of rotatable bonds is 7. The number of hydrogen-bond donors (Lipinski definition) is 3. The van der Waals surface area contributed by atoms with Crippen LogP contribution in [0.2, 0.25) is 0 Å². The molecule has 0 saturated heterocycles. The van der Waals surface area contributed by atoms with Gasteiger partial charge in [-0.3, -0.25) is 9.89 Å². The van der Waals surface area contributed by atoms with Gasteiger partial charge in [0.05, 0.1) is 11.4 Å². The third-order valence-electron chi connectivity index (χ3n) is 5.67. The molecule has 0 aliphatic rings. The Balaban J connectivity index is 1.61. The number of aryl methyl sites for hydroxylation is 3. The molecule has 0 aliphatic carbocycles. The molecule has 0 spiro atoms. The van der Waals surface area contributed by atoms with Gasteiger partial charge in [0.1, 0.15) is 0 Å². The van der Waals surface area contributed by atoms with E-state index in [-0.39, 0.29) is 24.4 Å². The van der Waals surface area contributed by atoms with Crippen molar-refractivity contribution in [1.29, 1.82) is 0 Å². The minimum absolute atomic E-state index is 0.0952. The van der Waals surface area contributed by atoms with Crippen LogP contribution in [0.15, 0.2) is 48.5 Å². The number of hydrogen-bond acceptors (Lipinski definition) is 3. The topological polar surface area (TPSA) is 78.0 Å². The molecule has 0 aliphatic heterocycles. The van der Waals surface area contributed by atoms with E-state index in [1.807, 2.05) is 38.1 Å². The zero-order valence-corrected chi connectivity index (χ0v) is 18.8. The molecule has 0 saturated carbocycles. The van der Waals surface area contributed by atoms with E-state index in [1.54, 1.807) is 0 Å². The van der Waals surface area contributed by atoms with Crippen molar-refractivity contribution < 1.29 is 36.2 Å². The quantitative estimate of drug-likeness (QED) is 0.389. The Labute approximate surface area is 197 Å². The normalized spacial score (nSPS) is 12.6. The molecule has 3 N–H and O–H groups in total. The van der Waals surface area contributed by atoms with Gasteiger partial charge in [-0.2, -0.15) is 31.4 Å². The standard InChI is InChI=1S/C24H23F6N3O2/c1-14-3-6-18(20-11-15(2)32-33-20)12-17(14)7-10-21(34)31-13-16-4-8-19(9-5-16)22(35,23(25,26)27)24(28,29)30/h3-6,8-9,11-12,35H,7,10,13H2,1-2H3,(H,31,34)(H,32,33). The number of aromatic amines is 1. The van der Waals surface area contributed by atoms with E-state index in [9.17, 15) is 36.2 Å². The fourth-order valence-corrected chi connectivity index (χ4v) is 3.57. The lowest BCUT2D eigenvalue weighted by Crippen LogP contribution is -2.53. The van der Waals surface area contributed by atoms with E-state index >= 15 is 0 Å². The van der Waals surface area contributed by atoms with Gasteiger partial charge in [-0.1, -0.05) is 36.4 Å². The number of aliphatic hydroxyl groups is 1. The second-order valence-electron chi connectivity index (χ2n) is 8.24. The summed E-state index contributed by atoms with van der Waals surface area (Å²) in [5.74, 6) is -0.335. The van der Waals surface area contributed by atoms with Crippen molar-refractivity contribution in [2.75, 3.05) is 0 Å². The van der Waals surface area contributed by atoms with Crippen molar-refractivity contribution in [2.45, 2.75) is 51.2 Å². The predicted molar refractivity (Wildman–Crippen MR) is 116 cm³/mol. The van der Waals surface area contributed by atoms with E-state index in [0.29, 0.717) is 18.6 Å². The molecule has 1 aromatic heterocycles. The van der Waals surface area contributed by atoms with Crippen molar-refractivity contribution in [3.8, 4) is 11.3 Å². The molecule has 2 aromatic carbocycles. The van der Waals surface area contributed by atoms with Crippen molar-refractivity contribution in [3.05, 3.63) is 76.5 Å². The van der Waals surface area contributed by atoms with Crippen molar-refractivity contribution in [1.82, 2.24) is 15.5 Å². The molecule has 1 amide bonds. The van der Waals surface area contributed by atoms with Crippen LogP contribution in [0.1, 0.15) is 34.4 Å². The zero-order chi connectivity index (χ0) is 26.0. The molecular formula is C24H23F6N3O2. The van der Waals surface area contributed by atoms with Crippen LogP contribution in [0.3, 0.4) is 0 Å². The summed E-state index contributed by atoms with van der Waals surface area (Å²) in [6.07, 6.45) is -11.3. The molecule has 0 radical (unpaired) electrons. The van der Waals surface area contributed by atoms with Gasteiger partial charge in [0.25, 0.3) is 5.60 Å². The van der Waals surface area contributed by atoms with Gasteiger partial charge in [-0.05, 0) is 54.7 Å². The number of benzene rings is 2. The van der Waals surface area contributed by atoms with Crippen LogP contribution in [-0.2, 0) is 23.4 Å². The highest BCUT2D eigenvalue weighted by molar-refractivity contribution is 5.76. The van der Waals surface area contributed by atoms with Crippen molar-refractivity contribution >= 4 is 5.91 Å². The number of nitrogens with zero attached hydrogens (tertiary/aromatic N) is 1. The maximum atomic E-state index is 13.0. The first-order valence-electron chi connectivity index (χ1n) is 10.6. The highest BCUT2D eigenvalue weighted by Gasteiger charge is 2.71. The number of carbonyl (C=O) groups excluding carboxylic acids is 1. The molecule has 0 unspecified atom stereocenters. The molecule has 5 nitrogen and oxygen atoms in total. The van der Waals surface area contributed by atoms with Crippen LogP contribution in [-0.4, -0.2) is 33.6 Å². The van der Waals surface area contributed by atoms with Crippen LogP contribution in [0, 0.1) is 13.8 Å². The number of aromatic nitrogens is 2. The molecule has 3 rings (SSSR count). The summed E-state index contributed by atoms with van der Waals surface area (Å²) >= 11 is 0. The molecular weight excluding hydrogens is 476 g/mol. The fourth-order valence-electron chi connectivity index (χ4n) is 3.57. The summed E-state index contributed by atoms with van der Waals surface area (Å²) < 4.78 is 77.9. The summed E-state index contributed by atoms with van der Waals surface area (Å²) in [6.45, 7) is 3.68. The van der Waals surface area contributed by atoms with Gasteiger partial charge >= 0.3 is 12.4 Å². The maximum Gasteiger partial charge on any atom is 0.430 e. The highest BCUT2D eigenvalue weighted by Crippen LogP contribution is 2.49. The van der Waals surface area contributed by atoms with Crippen LogP contribution >= 0.6 is 0 Å². The summed E-state index contributed by atoms with van der Waals surface area (Å²) in [5, 5.41) is 19.1. The summed E-state index contributed by atoms with van der Waals surface area (Å²) in [4.78, 5) is 12.3. The van der Waals surface area contributed by atoms with Gasteiger partial charge in [0.15, 0.2) is 0 Å². The average molecular weight is 499 g/mol. The number of alkyl halides is 6. The number of halogens is 6.